The molecular formula is C27H31N5O4S. The Morgan fingerprint density at radius 1 is 1.11 bits per heavy atom. The van der Waals surface area contributed by atoms with Crippen LogP contribution in [0.15, 0.2) is 54.6 Å². The summed E-state index contributed by atoms with van der Waals surface area (Å²) in [6, 6.07) is 16.5. The molecule has 0 spiro atoms. The molecule has 0 aliphatic carbocycles. The van der Waals surface area contributed by atoms with E-state index < -0.39 is 16.0 Å². The lowest BCUT2D eigenvalue weighted by atomic mass is 9.96. The van der Waals surface area contributed by atoms with Crippen LogP contribution in [0.25, 0.3) is 21.8 Å². The number of carboxylic acids is 1. The number of pyridine rings is 1. The molecule has 1 fully saturated rings. The van der Waals surface area contributed by atoms with Crippen molar-refractivity contribution in [2.75, 3.05) is 23.6 Å². The Hall–Kier alpha value is -3.47. The number of carbonyl (C=O) groups is 1. The SMILES string of the molecule is NCc1ccc2cc(C(=O)O)n(Cc3cc(NS(=O)(=O)CCC4CCNCC4)cc4ccccc34)c2n1. The number of aromatic carboxylic acids is 1. The third-order valence-corrected chi connectivity index (χ3v) is 8.35. The first-order chi connectivity index (χ1) is 17.8. The average molecular weight is 522 g/mol. The lowest BCUT2D eigenvalue weighted by molar-refractivity contribution is 0.0686. The van der Waals surface area contributed by atoms with Crippen molar-refractivity contribution in [1.82, 2.24) is 14.9 Å². The van der Waals surface area contributed by atoms with E-state index in [1.165, 1.54) is 0 Å². The van der Waals surface area contributed by atoms with Gasteiger partial charge in [-0.2, -0.15) is 0 Å². The van der Waals surface area contributed by atoms with Crippen LogP contribution in [0.3, 0.4) is 0 Å². The molecule has 4 aromatic rings. The van der Waals surface area contributed by atoms with Crippen molar-refractivity contribution in [3.63, 3.8) is 0 Å². The molecule has 5 rings (SSSR count). The number of hydrogen-bond donors (Lipinski definition) is 4. The van der Waals surface area contributed by atoms with Gasteiger partial charge in [-0.25, -0.2) is 18.2 Å². The number of carboxylic acid groups (broad SMARTS) is 1. The Morgan fingerprint density at radius 3 is 2.65 bits per heavy atom. The van der Waals surface area contributed by atoms with Gasteiger partial charge in [0.15, 0.2) is 0 Å². The van der Waals surface area contributed by atoms with Crippen LogP contribution in [-0.2, 0) is 23.1 Å². The molecule has 9 nitrogen and oxygen atoms in total. The molecule has 2 aromatic heterocycles. The maximum absolute atomic E-state index is 13.0. The molecule has 0 amide bonds. The Morgan fingerprint density at radius 2 is 1.89 bits per heavy atom. The van der Waals surface area contributed by atoms with Gasteiger partial charge < -0.3 is 20.7 Å². The summed E-state index contributed by atoms with van der Waals surface area (Å²) in [6.45, 7) is 2.30. The molecule has 0 atom stereocenters. The van der Waals surface area contributed by atoms with Crippen LogP contribution in [-0.4, -0.2) is 47.9 Å². The van der Waals surface area contributed by atoms with Gasteiger partial charge in [-0.05, 0) is 84.9 Å². The number of fused-ring (bicyclic) bond motifs is 2. The minimum absolute atomic E-state index is 0.0665. The van der Waals surface area contributed by atoms with Crippen LogP contribution in [0, 0.1) is 5.92 Å². The molecule has 1 aliphatic heterocycles. The molecule has 194 valence electrons. The second kappa shape index (κ2) is 10.5. The summed E-state index contributed by atoms with van der Waals surface area (Å²) in [5, 5.41) is 15.7. The van der Waals surface area contributed by atoms with Crippen molar-refractivity contribution in [3.05, 3.63) is 71.5 Å². The lowest BCUT2D eigenvalue weighted by Gasteiger charge is -2.22. The van der Waals surface area contributed by atoms with E-state index in [4.69, 9.17) is 5.73 Å². The van der Waals surface area contributed by atoms with Crippen LogP contribution in [0.2, 0.25) is 0 Å². The van der Waals surface area contributed by atoms with Gasteiger partial charge in [0, 0.05) is 17.6 Å². The van der Waals surface area contributed by atoms with Crippen LogP contribution in [0.4, 0.5) is 5.69 Å². The molecule has 0 unspecified atom stereocenters. The number of nitrogens with two attached hydrogens (primary N) is 1. The molecular weight excluding hydrogens is 490 g/mol. The first-order valence-corrected chi connectivity index (χ1v) is 14.1. The number of nitrogens with one attached hydrogen (secondary N) is 2. The van der Waals surface area contributed by atoms with E-state index in [1.54, 1.807) is 22.8 Å². The van der Waals surface area contributed by atoms with Gasteiger partial charge in [-0.3, -0.25) is 4.72 Å². The second-order valence-electron chi connectivity index (χ2n) is 9.60. The maximum atomic E-state index is 13.0. The number of benzene rings is 2. The largest absolute Gasteiger partial charge is 0.477 e. The number of anilines is 1. The zero-order valence-electron chi connectivity index (χ0n) is 20.5. The lowest BCUT2D eigenvalue weighted by Crippen LogP contribution is -2.29. The van der Waals surface area contributed by atoms with E-state index in [9.17, 15) is 18.3 Å². The second-order valence-corrected chi connectivity index (χ2v) is 11.4. The first kappa shape index (κ1) is 25.2. The first-order valence-electron chi connectivity index (χ1n) is 12.5. The van der Waals surface area contributed by atoms with Gasteiger partial charge in [0.1, 0.15) is 11.3 Å². The predicted octanol–water partition coefficient (Wildman–Crippen LogP) is 3.53. The van der Waals surface area contributed by atoms with E-state index in [2.05, 4.69) is 15.0 Å². The summed E-state index contributed by atoms with van der Waals surface area (Å²) in [7, 11) is -3.54. The standard InChI is InChI=1S/C27H31N5O4S/c28-16-22-6-5-20-15-25(27(33)34)32(26(20)30-22)17-21-14-23(13-19-3-1-2-4-24(19)21)31-37(35,36)12-9-18-7-10-29-11-8-18/h1-6,13-15,18,29,31H,7-12,16-17,28H2,(H,33,34). The van der Waals surface area contributed by atoms with E-state index in [0.29, 0.717) is 34.8 Å². The minimum Gasteiger partial charge on any atom is -0.477 e. The predicted molar refractivity (Wildman–Crippen MR) is 145 cm³/mol. The Balaban J connectivity index is 1.50. The highest BCUT2D eigenvalue weighted by Gasteiger charge is 2.20. The van der Waals surface area contributed by atoms with E-state index in [-0.39, 0.29) is 24.5 Å². The van der Waals surface area contributed by atoms with Crippen molar-refractivity contribution in [3.8, 4) is 0 Å². The Labute approximate surface area is 215 Å². The summed E-state index contributed by atoms with van der Waals surface area (Å²) in [5.41, 5.74) is 8.31. The van der Waals surface area contributed by atoms with Crippen molar-refractivity contribution >= 4 is 43.5 Å². The molecule has 5 N–H and O–H groups in total. The molecule has 0 bridgehead atoms. The van der Waals surface area contributed by atoms with Crippen LogP contribution >= 0.6 is 0 Å². The monoisotopic (exact) mass is 521 g/mol. The van der Waals surface area contributed by atoms with Gasteiger partial charge in [0.05, 0.1) is 18.0 Å². The number of nitrogens with zero attached hydrogens (tertiary/aromatic N) is 2. The fraction of sp³-hybridized carbons (Fsp3) is 0.333. The molecule has 10 heteroatoms. The van der Waals surface area contributed by atoms with Gasteiger partial charge in [0.25, 0.3) is 0 Å². The van der Waals surface area contributed by atoms with E-state index >= 15 is 0 Å². The summed E-state index contributed by atoms with van der Waals surface area (Å²) < 4.78 is 30.3. The van der Waals surface area contributed by atoms with Gasteiger partial charge >= 0.3 is 5.97 Å². The third-order valence-electron chi connectivity index (χ3n) is 7.03. The van der Waals surface area contributed by atoms with Crippen molar-refractivity contribution < 1.29 is 18.3 Å². The summed E-state index contributed by atoms with van der Waals surface area (Å²) >= 11 is 0. The van der Waals surface area contributed by atoms with E-state index in [1.807, 2.05) is 36.4 Å². The summed E-state index contributed by atoms with van der Waals surface area (Å²) in [6.07, 6.45) is 2.61. The highest BCUT2D eigenvalue weighted by atomic mass is 32.2. The molecule has 2 aromatic carbocycles. The highest BCUT2D eigenvalue weighted by molar-refractivity contribution is 7.92. The van der Waals surface area contributed by atoms with Crippen molar-refractivity contribution in [1.29, 1.82) is 0 Å². The molecule has 0 saturated carbocycles. The topological polar surface area (TPSA) is 139 Å². The normalized spacial score (nSPS) is 14.8. The highest BCUT2D eigenvalue weighted by Crippen LogP contribution is 2.28. The van der Waals surface area contributed by atoms with Gasteiger partial charge in [0.2, 0.25) is 10.0 Å². The minimum atomic E-state index is -3.54. The third kappa shape index (κ3) is 5.61. The number of hydrogen-bond acceptors (Lipinski definition) is 6. The fourth-order valence-electron chi connectivity index (χ4n) is 5.09. The summed E-state index contributed by atoms with van der Waals surface area (Å²) in [4.78, 5) is 16.7. The zero-order chi connectivity index (χ0) is 26.0. The molecule has 37 heavy (non-hydrogen) atoms. The molecule has 0 radical (unpaired) electrons. The Kier molecular flexibility index (Phi) is 7.14. The van der Waals surface area contributed by atoms with E-state index in [0.717, 1.165) is 42.3 Å². The van der Waals surface area contributed by atoms with Gasteiger partial charge in [-0.15, -0.1) is 0 Å². The quantitative estimate of drug-likeness (QED) is 0.264. The average Bonchev–Trinajstić information content (AvgIpc) is 3.25. The van der Waals surface area contributed by atoms with Crippen LogP contribution in [0.1, 0.15) is 41.0 Å². The maximum Gasteiger partial charge on any atom is 0.352 e. The number of aromatic nitrogens is 2. The van der Waals surface area contributed by atoms with Crippen LogP contribution < -0.4 is 15.8 Å². The zero-order valence-corrected chi connectivity index (χ0v) is 21.3. The molecule has 3 heterocycles. The van der Waals surface area contributed by atoms with Gasteiger partial charge in [-0.1, -0.05) is 24.3 Å². The Bertz CT molecular complexity index is 1560. The number of sulfonamides is 1. The smallest absolute Gasteiger partial charge is 0.352 e. The van der Waals surface area contributed by atoms with Crippen molar-refractivity contribution in [2.24, 2.45) is 11.7 Å². The molecule has 1 saturated heterocycles. The van der Waals surface area contributed by atoms with Crippen LogP contribution in [0.5, 0.6) is 0 Å². The number of rotatable bonds is 9. The fourth-order valence-corrected chi connectivity index (χ4v) is 6.31. The summed E-state index contributed by atoms with van der Waals surface area (Å²) in [5.74, 6) is -0.587. The molecule has 1 aliphatic rings. The number of piperidine rings is 1. The van der Waals surface area contributed by atoms with Crippen molar-refractivity contribution in [2.45, 2.75) is 32.4 Å².